The molecule has 0 aromatic heterocycles. The molecule has 0 aliphatic rings. The highest BCUT2D eigenvalue weighted by Crippen LogP contribution is 2.30. The van der Waals surface area contributed by atoms with E-state index in [9.17, 15) is 5.11 Å². The minimum Gasteiger partial charge on any atom is -0.389 e. The Balaban J connectivity index is 2.08. The van der Waals surface area contributed by atoms with Gasteiger partial charge < -0.3 is 5.11 Å². The molecule has 2 aromatic rings. The number of aliphatic hydroxyl groups is 1. The van der Waals surface area contributed by atoms with Crippen molar-refractivity contribution in [3.63, 3.8) is 0 Å². The standard InChI is InChI=1S/C15H15ClOS/c1-11(17)14-4-2-3-5-15(14)18-10-12-6-8-13(16)9-7-12/h2-9,11,17H,10H2,1H3/t11-/m1/s1. The molecule has 1 N–H and O–H groups in total. The predicted octanol–water partition coefficient (Wildman–Crippen LogP) is 4.69. The van der Waals surface area contributed by atoms with Crippen LogP contribution in [0.2, 0.25) is 5.02 Å². The lowest BCUT2D eigenvalue weighted by Crippen LogP contribution is -1.93. The van der Waals surface area contributed by atoms with Crippen LogP contribution in [0.5, 0.6) is 0 Å². The van der Waals surface area contributed by atoms with Crippen molar-refractivity contribution in [2.24, 2.45) is 0 Å². The number of hydrogen-bond donors (Lipinski definition) is 1. The lowest BCUT2D eigenvalue weighted by molar-refractivity contribution is 0.196. The summed E-state index contributed by atoms with van der Waals surface area (Å²) >= 11 is 7.59. The number of aliphatic hydroxyl groups excluding tert-OH is 1. The maximum atomic E-state index is 9.71. The second kappa shape index (κ2) is 6.28. The maximum Gasteiger partial charge on any atom is 0.0772 e. The van der Waals surface area contributed by atoms with Gasteiger partial charge in [0.25, 0.3) is 0 Å². The van der Waals surface area contributed by atoms with Crippen molar-refractivity contribution >= 4 is 23.4 Å². The lowest BCUT2D eigenvalue weighted by Gasteiger charge is -2.11. The zero-order chi connectivity index (χ0) is 13.0. The number of halogens is 1. The normalized spacial score (nSPS) is 12.4. The predicted molar refractivity (Wildman–Crippen MR) is 78.1 cm³/mol. The van der Waals surface area contributed by atoms with E-state index in [4.69, 9.17) is 11.6 Å². The quantitative estimate of drug-likeness (QED) is 0.819. The van der Waals surface area contributed by atoms with Crippen LogP contribution in [-0.4, -0.2) is 5.11 Å². The highest BCUT2D eigenvalue weighted by molar-refractivity contribution is 7.98. The summed E-state index contributed by atoms with van der Waals surface area (Å²) in [7, 11) is 0. The third kappa shape index (κ3) is 3.52. The van der Waals surface area contributed by atoms with Crippen LogP contribution in [0, 0.1) is 0 Å². The van der Waals surface area contributed by atoms with E-state index < -0.39 is 6.10 Å². The fourth-order valence-electron chi connectivity index (χ4n) is 1.70. The van der Waals surface area contributed by atoms with Crippen LogP contribution in [0.25, 0.3) is 0 Å². The molecular weight excluding hydrogens is 264 g/mol. The van der Waals surface area contributed by atoms with Gasteiger partial charge in [0.1, 0.15) is 0 Å². The molecule has 0 bridgehead atoms. The van der Waals surface area contributed by atoms with E-state index in [0.717, 1.165) is 21.2 Å². The Morgan fingerprint density at radius 1 is 1.11 bits per heavy atom. The number of hydrogen-bond acceptors (Lipinski definition) is 2. The van der Waals surface area contributed by atoms with Crippen LogP contribution >= 0.6 is 23.4 Å². The van der Waals surface area contributed by atoms with Crippen LogP contribution < -0.4 is 0 Å². The first-order valence-corrected chi connectivity index (χ1v) is 7.17. The Labute approximate surface area is 117 Å². The van der Waals surface area contributed by atoms with Gasteiger partial charge in [0.2, 0.25) is 0 Å². The molecule has 2 aromatic carbocycles. The second-order valence-corrected chi connectivity index (χ2v) is 5.58. The van der Waals surface area contributed by atoms with E-state index in [-0.39, 0.29) is 0 Å². The van der Waals surface area contributed by atoms with Crippen LogP contribution in [0.1, 0.15) is 24.2 Å². The Morgan fingerprint density at radius 3 is 2.44 bits per heavy atom. The largest absolute Gasteiger partial charge is 0.389 e. The summed E-state index contributed by atoms with van der Waals surface area (Å²) in [6.45, 7) is 1.79. The molecular formula is C15H15ClOS. The van der Waals surface area contributed by atoms with Crippen LogP contribution in [0.3, 0.4) is 0 Å². The summed E-state index contributed by atoms with van der Waals surface area (Å²) < 4.78 is 0. The van der Waals surface area contributed by atoms with Crippen molar-refractivity contribution in [2.75, 3.05) is 0 Å². The molecule has 3 heteroatoms. The molecule has 0 heterocycles. The van der Waals surface area contributed by atoms with E-state index in [0.29, 0.717) is 0 Å². The van der Waals surface area contributed by atoms with E-state index in [1.807, 2.05) is 48.5 Å². The van der Waals surface area contributed by atoms with Gasteiger partial charge in [-0.15, -0.1) is 11.8 Å². The van der Waals surface area contributed by atoms with Crippen LogP contribution in [0.15, 0.2) is 53.4 Å². The molecule has 0 saturated heterocycles. The molecule has 0 spiro atoms. The van der Waals surface area contributed by atoms with Gasteiger partial charge in [-0.2, -0.15) is 0 Å². The first-order chi connectivity index (χ1) is 8.66. The molecule has 1 atom stereocenters. The van der Waals surface area contributed by atoms with Gasteiger partial charge in [-0.05, 0) is 36.2 Å². The van der Waals surface area contributed by atoms with Crippen molar-refractivity contribution in [3.8, 4) is 0 Å². The van der Waals surface area contributed by atoms with Gasteiger partial charge in [0.15, 0.2) is 0 Å². The van der Waals surface area contributed by atoms with Crippen molar-refractivity contribution in [2.45, 2.75) is 23.7 Å². The minimum absolute atomic E-state index is 0.432. The average Bonchev–Trinajstić information content (AvgIpc) is 2.38. The molecule has 0 aliphatic heterocycles. The molecule has 1 nitrogen and oxygen atoms in total. The van der Waals surface area contributed by atoms with E-state index in [2.05, 4.69) is 0 Å². The molecule has 0 fully saturated rings. The fraction of sp³-hybridized carbons (Fsp3) is 0.200. The third-order valence-corrected chi connectivity index (χ3v) is 4.09. The molecule has 0 amide bonds. The Morgan fingerprint density at radius 2 is 1.78 bits per heavy atom. The highest BCUT2D eigenvalue weighted by atomic mass is 35.5. The van der Waals surface area contributed by atoms with E-state index in [1.165, 1.54) is 5.56 Å². The van der Waals surface area contributed by atoms with Crippen molar-refractivity contribution in [1.29, 1.82) is 0 Å². The third-order valence-electron chi connectivity index (χ3n) is 2.68. The van der Waals surface area contributed by atoms with E-state index >= 15 is 0 Å². The Kier molecular flexibility index (Phi) is 4.70. The number of benzene rings is 2. The highest BCUT2D eigenvalue weighted by Gasteiger charge is 2.07. The summed E-state index contributed by atoms with van der Waals surface area (Å²) in [4.78, 5) is 1.13. The zero-order valence-electron chi connectivity index (χ0n) is 10.1. The summed E-state index contributed by atoms with van der Waals surface area (Å²) in [5.41, 5.74) is 2.21. The first-order valence-electron chi connectivity index (χ1n) is 5.81. The van der Waals surface area contributed by atoms with Gasteiger partial charge in [-0.25, -0.2) is 0 Å². The maximum absolute atomic E-state index is 9.71. The monoisotopic (exact) mass is 278 g/mol. The molecule has 94 valence electrons. The molecule has 2 rings (SSSR count). The van der Waals surface area contributed by atoms with E-state index in [1.54, 1.807) is 18.7 Å². The second-order valence-electron chi connectivity index (χ2n) is 4.13. The number of thioether (sulfide) groups is 1. The fourth-order valence-corrected chi connectivity index (χ4v) is 2.92. The molecule has 18 heavy (non-hydrogen) atoms. The topological polar surface area (TPSA) is 20.2 Å². The Hall–Kier alpha value is -0.960. The summed E-state index contributed by atoms with van der Waals surface area (Å²) in [6, 6.07) is 15.8. The van der Waals surface area contributed by atoms with Crippen LogP contribution in [0.4, 0.5) is 0 Å². The molecule has 0 aliphatic carbocycles. The Bertz CT molecular complexity index is 508. The van der Waals surface area contributed by atoms with Gasteiger partial charge in [0, 0.05) is 15.7 Å². The van der Waals surface area contributed by atoms with Gasteiger partial charge >= 0.3 is 0 Å². The molecule has 0 saturated carbocycles. The lowest BCUT2D eigenvalue weighted by atomic mass is 10.1. The van der Waals surface area contributed by atoms with Gasteiger partial charge in [-0.3, -0.25) is 0 Å². The van der Waals surface area contributed by atoms with Crippen molar-refractivity contribution in [3.05, 3.63) is 64.7 Å². The van der Waals surface area contributed by atoms with Crippen molar-refractivity contribution < 1.29 is 5.11 Å². The number of rotatable bonds is 4. The minimum atomic E-state index is -0.432. The molecule has 0 radical (unpaired) electrons. The zero-order valence-corrected chi connectivity index (χ0v) is 11.7. The molecule has 0 unspecified atom stereocenters. The van der Waals surface area contributed by atoms with Crippen molar-refractivity contribution in [1.82, 2.24) is 0 Å². The summed E-state index contributed by atoms with van der Waals surface area (Å²) in [5.74, 6) is 0.876. The van der Waals surface area contributed by atoms with Crippen LogP contribution in [-0.2, 0) is 5.75 Å². The first kappa shape index (κ1) is 13.5. The average molecular weight is 279 g/mol. The smallest absolute Gasteiger partial charge is 0.0772 e. The van der Waals surface area contributed by atoms with Gasteiger partial charge in [0.05, 0.1) is 6.10 Å². The summed E-state index contributed by atoms with van der Waals surface area (Å²) in [5, 5.41) is 10.5. The SMILES string of the molecule is C[C@@H](O)c1ccccc1SCc1ccc(Cl)cc1. The summed E-state index contributed by atoms with van der Waals surface area (Å²) in [6.07, 6.45) is -0.432. The van der Waals surface area contributed by atoms with Gasteiger partial charge in [-0.1, -0.05) is 41.9 Å².